The molecule has 2 rings (SSSR count). The molecule has 0 fully saturated rings. The highest BCUT2D eigenvalue weighted by atomic mass is 35.5. The van der Waals surface area contributed by atoms with Gasteiger partial charge in [-0.3, -0.25) is 0 Å². The number of hydrogen-bond donors (Lipinski definition) is 0. The fraction of sp³-hybridized carbons (Fsp3) is 0.600. The molecular weight excluding hydrogens is 290 g/mol. The molecule has 0 aromatic carbocycles. The number of methoxy groups -OCH3 is 2. The molecule has 0 aliphatic rings. The lowest BCUT2D eigenvalue weighted by molar-refractivity contribution is 0.142. The summed E-state index contributed by atoms with van der Waals surface area (Å²) in [6.45, 7) is 5.92. The zero-order chi connectivity index (χ0) is 15.5. The third-order valence-corrected chi connectivity index (χ3v) is 3.78. The van der Waals surface area contributed by atoms with E-state index >= 15 is 0 Å². The van der Waals surface area contributed by atoms with Gasteiger partial charge in [-0.05, 0) is 17.9 Å². The van der Waals surface area contributed by atoms with Gasteiger partial charge >= 0.3 is 0 Å². The fourth-order valence-corrected chi connectivity index (χ4v) is 2.50. The number of alkyl halides is 1. The Balaban J connectivity index is 2.40. The van der Waals surface area contributed by atoms with Gasteiger partial charge in [-0.15, -0.1) is 11.6 Å². The summed E-state index contributed by atoms with van der Waals surface area (Å²) in [6, 6.07) is 3.73. The number of ether oxygens (including phenoxy) is 2. The summed E-state index contributed by atoms with van der Waals surface area (Å²) < 4.78 is 12.5. The van der Waals surface area contributed by atoms with E-state index in [-0.39, 0.29) is 5.41 Å². The molecule has 2 heterocycles. The first-order valence-electron chi connectivity index (χ1n) is 6.96. The van der Waals surface area contributed by atoms with Crippen molar-refractivity contribution in [1.29, 1.82) is 0 Å². The van der Waals surface area contributed by atoms with E-state index in [0.717, 1.165) is 36.6 Å². The molecule has 0 amide bonds. The number of rotatable bonds is 7. The van der Waals surface area contributed by atoms with Gasteiger partial charge in [0.1, 0.15) is 11.3 Å². The maximum Gasteiger partial charge on any atom is 0.215 e. The monoisotopic (exact) mass is 311 g/mol. The molecule has 0 radical (unpaired) electrons. The van der Waals surface area contributed by atoms with E-state index < -0.39 is 0 Å². The van der Waals surface area contributed by atoms with Gasteiger partial charge in [0.15, 0.2) is 5.65 Å². The van der Waals surface area contributed by atoms with Gasteiger partial charge in [-0.2, -0.15) is 4.98 Å². The van der Waals surface area contributed by atoms with E-state index in [1.165, 1.54) is 0 Å². The summed E-state index contributed by atoms with van der Waals surface area (Å²) in [5.41, 5.74) is 1.72. The first-order chi connectivity index (χ1) is 10.0. The van der Waals surface area contributed by atoms with Gasteiger partial charge in [0.2, 0.25) is 5.88 Å². The van der Waals surface area contributed by atoms with Crippen molar-refractivity contribution >= 4 is 22.8 Å². The Hall–Kier alpha value is -1.33. The van der Waals surface area contributed by atoms with Crippen LogP contribution in [0.1, 0.15) is 26.1 Å². The van der Waals surface area contributed by atoms with Crippen molar-refractivity contribution in [3.63, 3.8) is 0 Å². The van der Waals surface area contributed by atoms with Crippen LogP contribution in [0.4, 0.5) is 0 Å². The van der Waals surface area contributed by atoms with Crippen LogP contribution in [0.3, 0.4) is 0 Å². The van der Waals surface area contributed by atoms with Crippen LogP contribution < -0.4 is 4.74 Å². The van der Waals surface area contributed by atoms with Crippen molar-refractivity contribution in [3.8, 4) is 5.88 Å². The Labute approximate surface area is 130 Å². The predicted molar refractivity (Wildman–Crippen MR) is 83.9 cm³/mol. The first-order valence-corrected chi connectivity index (χ1v) is 7.49. The fourth-order valence-electron chi connectivity index (χ4n) is 2.30. The molecule has 0 saturated carbocycles. The normalized spacial score (nSPS) is 12.0. The summed E-state index contributed by atoms with van der Waals surface area (Å²) in [4.78, 5) is 9.07. The zero-order valence-corrected chi connectivity index (χ0v) is 13.8. The summed E-state index contributed by atoms with van der Waals surface area (Å²) in [7, 11) is 3.33. The Morgan fingerprint density at radius 1 is 1.24 bits per heavy atom. The topological polar surface area (TPSA) is 49.2 Å². The second kappa shape index (κ2) is 6.62. The third-order valence-electron chi connectivity index (χ3n) is 3.54. The van der Waals surface area contributed by atoms with Crippen molar-refractivity contribution in [2.75, 3.05) is 20.8 Å². The molecule has 2 aromatic rings. The highest BCUT2D eigenvalue weighted by Crippen LogP contribution is 2.27. The number of hydrogen-bond acceptors (Lipinski definition) is 4. The zero-order valence-electron chi connectivity index (χ0n) is 13.0. The van der Waals surface area contributed by atoms with E-state index in [1.807, 2.05) is 12.1 Å². The van der Waals surface area contributed by atoms with Crippen molar-refractivity contribution in [3.05, 3.63) is 18.0 Å². The molecule has 0 unspecified atom stereocenters. The molecule has 0 spiro atoms. The highest BCUT2D eigenvalue weighted by molar-refractivity contribution is 6.16. The van der Waals surface area contributed by atoms with E-state index in [2.05, 4.69) is 28.4 Å². The summed E-state index contributed by atoms with van der Waals surface area (Å²) in [5.74, 6) is 1.77. The predicted octanol–water partition coefficient (Wildman–Crippen LogP) is 3.24. The highest BCUT2D eigenvalue weighted by Gasteiger charge is 2.22. The Morgan fingerprint density at radius 2 is 2.00 bits per heavy atom. The van der Waals surface area contributed by atoms with Crippen LogP contribution in [-0.2, 0) is 17.2 Å². The lowest BCUT2D eigenvalue weighted by atomic mass is 9.89. The lowest BCUT2D eigenvalue weighted by Gasteiger charge is -2.25. The van der Waals surface area contributed by atoms with E-state index in [1.54, 1.807) is 14.2 Å². The molecule has 6 heteroatoms. The molecule has 0 aliphatic carbocycles. The van der Waals surface area contributed by atoms with Crippen LogP contribution in [0.2, 0.25) is 0 Å². The van der Waals surface area contributed by atoms with Crippen molar-refractivity contribution in [1.82, 2.24) is 14.5 Å². The van der Waals surface area contributed by atoms with E-state index in [9.17, 15) is 0 Å². The van der Waals surface area contributed by atoms with Crippen molar-refractivity contribution in [2.24, 2.45) is 5.41 Å². The Bertz CT molecular complexity index is 610. The summed E-state index contributed by atoms with van der Waals surface area (Å²) >= 11 is 6.04. The largest absolute Gasteiger partial charge is 0.481 e. The van der Waals surface area contributed by atoms with E-state index in [4.69, 9.17) is 21.1 Å². The van der Waals surface area contributed by atoms with Crippen molar-refractivity contribution < 1.29 is 9.47 Å². The number of fused-ring (bicyclic) bond motifs is 1. The number of nitrogens with zero attached hydrogens (tertiary/aromatic N) is 3. The number of pyridine rings is 1. The second-order valence-corrected chi connectivity index (χ2v) is 6.12. The number of aromatic nitrogens is 3. The van der Waals surface area contributed by atoms with Gasteiger partial charge in [-0.25, -0.2) is 4.98 Å². The van der Waals surface area contributed by atoms with Gasteiger partial charge in [0, 0.05) is 26.3 Å². The van der Waals surface area contributed by atoms with Gasteiger partial charge in [0.05, 0.1) is 13.0 Å². The maximum absolute atomic E-state index is 6.04. The van der Waals surface area contributed by atoms with Crippen LogP contribution >= 0.6 is 11.6 Å². The smallest absolute Gasteiger partial charge is 0.215 e. The molecule has 2 aromatic heterocycles. The summed E-state index contributed by atoms with van der Waals surface area (Å²) in [6.07, 6.45) is 0.953. The standard InChI is InChI=1S/C15H22ClN3O2/c1-15(2,7-8-20-3)10-19-12(9-16)17-11-5-6-13(21-4)18-14(11)19/h5-6H,7-10H2,1-4H3. The van der Waals surface area contributed by atoms with E-state index in [0.29, 0.717) is 11.8 Å². The number of halogens is 1. The van der Waals surface area contributed by atoms with Gasteiger partial charge in [0.25, 0.3) is 0 Å². The first kappa shape index (κ1) is 16.0. The molecule has 21 heavy (non-hydrogen) atoms. The molecule has 0 saturated heterocycles. The minimum absolute atomic E-state index is 0.0647. The van der Waals surface area contributed by atoms with Crippen LogP contribution in [0.15, 0.2) is 12.1 Å². The van der Waals surface area contributed by atoms with Gasteiger partial charge in [-0.1, -0.05) is 13.8 Å². The molecule has 0 N–H and O–H groups in total. The maximum atomic E-state index is 6.04. The quantitative estimate of drug-likeness (QED) is 0.737. The van der Waals surface area contributed by atoms with Crippen LogP contribution in [0.5, 0.6) is 5.88 Å². The van der Waals surface area contributed by atoms with Crippen molar-refractivity contribution in [2.45, 2.75) is 32.7 Å². The molecule has 0 atom stereocenters. The molecule has 0 aliphatic heterocycles. The molecule has 116 valence electrons. The average Bonchev–Trinajstić information content (AvgIpc) is 2.81. The molecular formula is C15H22ClN3O2. The molecule has 5 nitrogen and oxygen atoms in total. The van der Waals surface area contributed by atoms with Crippen LogP contribution in [-0.4, -0.2) is 35.4 Å². The second-order valence-electron chi connectivity index (χ2n) is 5.85. The number of imidazole rings is 1. The summed E-state index contributed by atoms with van der Waals surface area (Å²) in [5, 5.41) is 0. The average molecular weight is 312 g/mol. The third kappa shape index (κ3) is 3.66. The minimum atomic E-state index is 0.0647. The SMILES string of the molecule is COCCC(C)(C)Cn1c(CCl)nc2ccc(OC)nc21. The Kier molecular flexibility index (Phi) is 5.06. The van der Waals surface area contributed by atoms with Gasteiger partial charge < -0.3 is 14.0 Å². The Morgan fingerprint density at radius 3 is 2.62 bits per heavy atom. The van der Waals surface area contributed by atoms with Crippen LogP contribution in [0, 0.1) is 5.41 Å². The lowest BCUT2D eigenvalue weighted by Crippen LogP contribution is -2.23. The minimum Gasteiger partial charge on any atom is -0.481 e. The van der Waals surface area contributed by atoms with Crippen LogP contribution in [0.25, 0.3) is 11.2 Å². The molecule has 0 bridgehead atoms.